The fourth-order valence-corrected chi connectivity index (χ4v) is 2.26. The van der Waals surface area contributed by atoms with E-state index in [1.807, 2.05) is 0 Å². The standard InChI is InChI=1S/C10H17NS/c1-6(2)8-5-9(7(3)4)12-10(8)11/h5-7H,11H2,1-4H3. The lowest BCUT2D eigenvalue weighted by Crippen LogP contribution is -1.89. The molecule has 1 aromatic rings. The van der Waals surface area contributed by atoms with E-state index in [-0.39, 0.29) is 0 Å². The molecule has 1 heterocycles. The van der Waals surface area contributed by atoms with Gasteiger partial charge in [0, 0.05) is 4.88 Å². The van der Waals surface area contributed by atoms with E-state index < -0.39 is 0 Å². The summed E-state index contributed by atoms with van der Waals surface area (Å²) in [6.45, 7) is 8.77. The third kappa shape index (κ3) is 1.81. The number of anilines is 1. The minimum absolute atomic E-state index is 0.550. The Kier molecular flexibility index (Phi) is 2.78. The Hall–Kier alpha value is -0.500. The smallest absolute Gasteiger partial charge is 0.0894 e. The van der Waals surface area contributed by atoms with E-state index in [4.69, 9.17) is 5.73 Å². The summed E-state index contributed by atoms with van der Waals surface area (Å²) in [7, 11) is 0. The van der Waals surface area contributed by atoms with Gasteiger partial charge in [-0.25, -0.2) is 0 Å². The first kappa shape index (κ1) is 9.59. The number of nitrogens with two attached hydrogens (primary N) is 1. The molecule has 0 fully saturated rings. The molecule has 68 valence electrons. The van der Waals surface area contributed by atoms with Crippen LogP contribution in [0.3, 0.4) is 0 Å². The quantitative estimate of drug-likeness (QED) is 0.745. The summed E-state index contributed by atoms with van der Waals surface area (Å²) in [5, 5.41) is 0.994. The molecular weight excluding hydrogens is 166 g/mol. The Morgan fingerprint density at radius 1 is 1.17 bits per heavy atom. The minimum atomic E-state index is 0.550. The first-order chi connectivity index (χ1) is 5.52. The van der Waals surface area contributed by atoms with Crippen molar-refractivity contribution in [2.45, 2.75) is 39.5 Å². The molecule has 0 aliphatic heterocycles. The number of rotatable bonds is 2. The van der Waals surface area contributed by atoms with Crippen molar-refractivity contribution in [1.29, 1.82) is 0 Å². The van der Waals surface area contributed by atoms with Crippen molar-refractivity contribution in [2.75, 3.05) is 5.73 Å². The second-order valence-corrected chi connectivity index (χ2v) is 4.89. The van der Waals surface area contributed by atoms with Gasteiger partial charge in [0.1, 0.15) is 0 Å². The summed E-state index contributed by atoms with van der Waals surface area (Å²) in [4.78, 5) is 1.40. The molecule has 0 saturated carbocycles. The maximum absolute atomic E-state index is 5.90. The van der Waals surface area contributed by atoms with Crippen LogP contribution in [-0.2, 0) is 0 Å². The summed E-state index contributed by atoms with van der Waals surface area (Å²) < 4.78 is 0. The van der Waals surface area contributed by atoms with Crippen LogP contribution < -0.4 is 5.73 Å². The van der Waals surface area contributed by atoms with E-state index in [1.54, 1.807) is 11.3 Å². The van der Waals surface area contributed by atoms with Crippen LogP contribution in [0.2, 0.25) is 0 Å². The molecule has 1 nitrogen and oxygen atoms in total. The zero-order chi connectivity index (χ0) is 9.30. The molecule has 0 saturated heterocycles. The average Bonchev–Trinajstić information content (AvgIpc) is 2.30. The molecule has 2 heteroatoms. The van der Waals surface area contributed by atoms with Gasteiger partial charge in [0.2, 0.25) is 0 Å². The van der Waals surface area contributed by atoms with Gasteiger partial charge < -0.3 is 5.73 Å². The molecule has 0 radical (unpaired) electrons. The van der Waals surface area contributed by atoms with Crippen LogP contribution in [0.4, 0.5) is 5.00 Å². The van der Waals surface area contributed by atoms with E-state index in [0.29, 0.717) is 11.8 Å². The zero-order valence-electron chi connectivity index (χ0n) is 8.22. The van der Waals surface area contributed by atoms with Crippen molar-refractivity contribution in [3.05, 3.63) is 16.5 Å². The second kappa shape index (κ2) is 3.48. The fraction of sp³-hybridized carbons (Fsp3) is 0.600. The van der Waals surface area contributed by atoms with E-state index >= 15 is 0 Å². The monoisotopic (exact) mass is 183 g/mol. The predicted octanol–water partition coefficient (Wildman–Crippen LogP) is 3.58. The first-order valence-electron chi connectivity index (χ1n) is 4.41. The van der Waals surface area contributed by atoms with Crippen molar-refractivity contribution >= 4 is 16.3 Å². The highest BCUT2D eigenvalue weighted by Crippen LogP contribution is 2.34. The maximum atomic E-state index is 5.90. The topological polar surface area (TPSA) is 26.0 Å². The van der Waals surface area contributed by atoms with Gasteiger partial charge in [0.05, 0.1) is 5.00 Å². The van der Waals surface area contributed by atoms with Gasteiger partial charge in [-0.15, -0.1) is 11.3 Å². The van der Waals surface area contributed by atoms with Gasteiger partial charge in [-0.3, -0.25) is 0 Å². The molecule has 0 amide bonds. The molecule has 0 aliphatic carbocycles. The Morgan fingerprint density at radius 3 is 2.00 bits per heavy atom. The van der Waals surface area contributed by atoms with Crippen LogP contribution in [0.1, 0.15) is 50.0 Å². The summed E-state index contributed by atoms with van der Waals surface area (Å²) in [5.74, 6) is 1.15. The fourth-order valence-electron chi connectivity index (χ4n) is 1.18. The molecular formula is C10H17NS. The normalized spacial score (nSPS) is 11.5. The molecule has 2 N–H and O–H groups in total. The van der Waals surface area contributed by atoms with Crippen molar-refractivity contribution in [1.82, 2.24) is 0 Å². The molecule has 0 bridgehead atoms. The van der Waals surface area contributed by atoms with Crippen LogP contribution in [0.25, 0.3) is 0 Å². The number of hydrogen-bond donors (Lipinski definition) is 1. The molecule has 0 unspecified atom stereocenters. The van der Waals surface area contributed by atoms with Crippen molar-refractivity contribution in [3.63, 3.8) is 0 Å². The first-order valence-corrected chi connectivity index (χ1v) is 5.23. The lowest BCUT2D eigenvalue weighted by molar-refractivity contribution is 0.857. The highest BCUT2D eigenvalue weighted by atomic mass is 32.1. The highest BCUT2D eigenvalue weighted by Gasteiger charge is 2.10. The molecule has 0 aromatic carbocycles. The number of thiophene rings is 1. The third-order valence-corrected chi connectivity index (χ3v) is 3.28. The summed E-state index contributed by atoms with van der Waals surface area (Å²) in [6, 6.07) is 2.25. The van der Waals surface area contributed by atoms with E-state index in [0.717, 1.165) is 5.00 Å². The molecule has 12 heavy (non-hydrogen) atoms. The molecule has 0 aliphatic rings. The van der Waals surface area contributed by atoms with Gasteiger partial charge in [-0.05, 0) is 23.5 Å². The maximum Gasteiger partial charge on any atom is 0.0894 e. The lowest BCUT2D eigenvalue weighted by atomic mass is 10.0. The van der Waals surface area contributed by atoms with Crippen molar-refractivity contribution < 1.29 is 0 Å². The Balaban J connectivity index is 3.00. The molecule has 0 atom stereocenters. The molecule has 1 aromatic heterocycles. The third-order valence-electron chi connectivity index (χ3n) is 2.00. The summed E-state index contributed by atoms with van der Waals surface area (Å²) in [5.41, 5.74) is 7.21. The largest absolute Gasteiger partial charge is 0.390 e. The minimum Gasteiger partial charge on any atom is -0.390 e. The van der Waals surface area contributed by atoms with E-state index in [2.05, 4.69) is 33.8 Å². The van der Waals surface area contributed by atoms with Crippen LogP contribution in [-0.4, -0.2) is 0 Å². The van der Waals surface area contributed by atoms with E-state index in [9.17, 15) is 0 Å². The Bertz CT molecular complexity index is 261. The molecule has 1 rings (SSSR count). The van der Waals surface area contributed by atoms with Crippen molar-refractivity contribution in [2.24, 2.45) is 0 Å². The van der Waals surface area contributed by atoms with Crippen LogP contribution >= 0.6 is 11.3 Å². The zero-order valence-corrected chi connectivity index (χ0v) is 9.03. The molecule has 0 spiro atoms. The predicted molar refractivity (Wildman–Crippen MR) is 56.9 cm³/mol. The number of hydrogen-bond acceptors (Lipinski definition) is 2. The second-order valence-electron chi connectivity index (χ2n) is 3.78. The summed E-state index contributed by atoms with van der Waals surface area (Å²) in [6.07, 6.45) is 0. The Labute approximate surface area is 78.6 Å². The Morgan fingerprint density at radius 2 is 1.75 bits per heavy atom. The highest BCUT2D eigenvalue weighted by molar-refractivity contribution is 7.16. The lowest BCUT2D eigenvalue weighted by Gasteiger charge is -2.01. The van der Waals surface area contributed by atoms with Crippen LogP contribution in [0, 0.1) is 0 Å². The van der Waals surface area contributed by atoms with Crippen LogP contribution in [0.5, 0.6) is 0 Å². The number of nitrogen functional groups attached to an aromatic ring is 1. The van der Waals surface area contributed by atoms with E-state index in [1.165, 1.54) is 10.4 Å². The van der Waals surface area contributed by atoms with Gasteiger partial charge in [0.15, 0.2) is 0 Å². The van der Waals surface area contributed by atoms with Gasteiger partial charge in [-0.1, -0.05) is 27.7 Å². The van der Waals surface area contributed by atoms with Crippen molar-refractivity contribution in [3.8, 4) is 0 Å². The SMILES string of the molecule is CC(C)c1cc(C(C)C)c(N)s1. The summed E-state index contributed by atoms with van der Waals surface area (Å²) >= 11 is 1.73. The van der Waals surface area contributed by atoms with Gasteiger partial charge >= 0.3 is 0 Å². The van der Waals surface area contributed by atoms with Gasteiger partial charge in [-0.2, -0.15) is 0 Å². The average molecular weight is 183 g/mol. The van der Waals surface area contributed by atoms with Crippen LogP contribution in [0.15, 0.2) is 6.07 Å². The van der Waals surface area contributed by atoms with Gasteiger partial charge in [0.25, 0.3) is 0 Å².